The molecular formula is C19H34O6. The number of hydrogen-bond donors (Lipinski definition) is 0. The summed E-state index contributed by atoms with van der Waals surface area (Å²) in [5.41, 5.74) is -2.16. The molecule has 0 bridgehead atoms. The van der Waals surface area contributed by atoms with Crippen LogP contribution in [0.1, 0.15) is 67.7 Å². The van der Waals surface area contributed by atoms with E-state index in [0.29, 0.717) is 19.3 Å². The predicted molar refractivity (Wildman–Crippen MR) is 94.8 cm³/mol. The quantitative estimate of drug-likeness (QED) is 0.338. The van der Waals surface area contributed by atoms with Crippen LogP contribution in [0.2, 0.25) is 0 Å². The van der Waals surface area contributed by atoms with Crippen LogP contribution in [0.15, 0.2) is 0 Å². The Bertz CT molecular complexity index is 480. The number of esters is 3. The maximum atomic E-state index is 12.4. The first kappa shape index (κ1) is 23.4. The largest absolute Gasteiger partial charge is 0.469 e. The standard InChI is InChI=1S/C19H34O6/c1-9-17(3,4)14(20)24-11-12-25-15(21)18(5,6)13-19(7,10-2)16(22)23-8/h9-13H2,1-8H3. The van der Waals surface area contributed by atoms with E-state index in [2.05, 4.69) is 0 Å². The molecule has 0 radical (unpaired) electrons. The molecule has 0 saturated heterocycles. The molecule has 0 amide bonds. The fraction of sp³-hybridized carbons (Fsp3) is 0.842. The van der Waals surface area contributed by atoms with Gasteiger partial charge in [-0.3, -0.25) is 14.4 Å². The topological polar surface area (TPSA) is 78.9 Å². The van der Waals surface area contributed by atoms with Crippen molar-refractivity contribution >= 4 is 17.9 Å². The molecule has 0 heterocycles. The molecule has 6 heteroatoms. The smallest absolute Gasteiger partial charge is 0.311 e. The minimum atomic E-state index is -0.856. The molecule has 146 valence electrons. The number of hydrogen-bond acceptors (Lipinski definition) is 6. The molecule has 0 aromatic heterocycles. The number of carbonyl (C=O) groups is 3. The van der Waals surface area contributed by atoms with E-state index in [1.54, 1.807) is 20.8 Å². The first-order valence-electron chi connectivity index (χ1n) is 8.79. The van der Waals surface area contributed by atoms with Crippen molar-refractivity contribution in [1.82, 2.24) is 0 Å². The van der Waals surface area contributed by atoms with E-state index < -0.39 is 22.2 Å². The van der Waals surface area contributed by atoms with E-state index in [0.717, 1.165) is 0 Å². The summed E-state index contributed by atoms with van der Waals surface area (Å²) in [6.45, 7) is 12.7. The van der Waals surface area contributed by atoms with E-state index in [9.17, 15) is 14.4 Å². The van der Waals surface area contributed by atoms with Crippen LogP contribution in [0.3, 0.4) is 0 Å². The fourth-order valence-electron chi connectivity index (χ4n) is 2.44. The lowest BCUT2D eigenvalue weighted by Crippen LogP contribution is -2.38. The molecule has 0 N–H and O–H groups in total. The summed E-state index contributed by atoms with van der Waals surface area (Å²) in [6.07, 6.45) is 1.53. The van der Waals surface area contributed by atoms with Gasteiger partial charge < -0.3 is 14.2 Å². The van der Waals surface area contributed by atoms with Gasteiger partial charge >= 0.3 is 17.9 Å². The Balaban J connectivity index is 4.59. The fourth-order valence-corrected chi connectivity index (χ4v) is 2.44. The molecule has 0 aromatic rings. The summed E-state index contributed by atoms with van der Waals surface area (Å²) in [4.78, 5) is 36.2. The third kappa shape index (κ3) is 6.67. The number of methoxy groups -OCH3 is 1. The van der Waals surface area contributed by atoms with Crippen molar-refractivity contribution in [3.8, 4) is 0 Å². The van der Waals surface area contributed by atoms with Crippen molar-refractivity contribution in [3.05, 3.63) is 0 Å². The van der Waals surface area contributed by atoms with Crippen LogP contribution in [0, 0.1) is 16.2 Å². The Morgan fingerprint density at radius 1 is 0.720 bits per heavy atom. The van der Waals surface area contributed by atoms with Gasteiger partial charge in [0.15, 0.2) is 0 Å². The summed E-state index contributed by atoms with van der Waals surface area (Å²) in [7, 11) is 1.34. The van der Waals surface area contributed by atoms with Gasteiger partial charge in [-0.15, -0.1) is 0 Å². The molecular weight excluding hydrogens is 324 g/mol. The molecule has 0 aliphatic carbocycles. The second-order valence-corrected chi connectivity index (χ2v) is 7.98. The van der Waals surface area contributed by atoms with Crippen molar-refractivity contribution < 1.29 is 28.6 Å². The average Bonchev–Trinajstić information content (AvgIpc) is 2.56. The second-order valence-electron chi connectivity index (χ2n) is 7.98. The van der Waals surface area contributed by atoms with Crippen LogP contribution in [0.4, 0.5) is 0 Å². The lowest BCUT2D eigenvalue weighted by molar-refractivity contribution is -0.166. The van der Waals surface area contributed by atoms with Crippen LogP contribution < -0.4 is 0 Å². The molecule has 0 rings (SSSR count). The van der Waals surface area contributed by atoms with Crippen LogP contribution in [0.25, 0.3) is 0 Å². The van der Waals surface area contributed by atoms with Crippen molar-refractivity contribution in [2.24, 2.45) is 16.2 Å². The van der Waals surface area contributed by atoms with Crippen LogP contribution in [-0.2, 0) is 28.6 Å². The zero-order chi connectivity index (χ0) is 19.9. The highest BCUT2D eigenvalue weighted by Gasteiger charge is 2.42. The highest BCUT2D eigenvalue weighted by atomic mass is 16.6. The molecule has 0 saturated carbocycles. The zero-order valence-electron chi connectivity index (χ0n) is 17.0. The summed E-state index contributed by atoms with van der Waals surface area (Å²) < 4.78 is 15.2. The molecule has 1 unspecified atom stereocenters. The summed E-state index contributed by atoms with van der Waals surface area (Å²) in [6, 6.07) is 0. The normalized spacial score (nSPS) is 14.4. The van der Waals surface area contributed by atoms with E-state index in [1.807, 2.05) is 27.7 Å². The maximum Gasteiger partial charge on any atom is 0.311 e. The van der Waals surface area contributed by atoms with Crippen molar-refractivity contribution in [2.45, 2.75) is 67.7 Å². The van der Waals surface area contributed by atoms with Gasteiger partial charge in [-0.2, -0.15) is 0 Å². The molecule has 0 aromatic carbocycles. The Morgan fingerprint density at radius 2 is 1.16 bits per heavy atom. The predicted octanol–water partition coefficient (Wildman–Crippen LogP) is 3.51. The zero-order valence-corrected chi connectivity index (χ0v) is 17.0. The van der Waals surface area contributed by atoms with Crippen LogP contribution in [-0.4, -0.2) is 38.2 Å². The Labute approximate surface area is 151 Å². The van der Waals surface area contributed by atoms with Gasteiger partial charge in [-0.05, 0) is 53.9 Å². The first-order valence-corrected chi connectivity index (χ1v) is 8.79. The number of ether oxygens (including phenoxy) is 3. The first-order chi connectivity index (χ1) is 11.4. The van der Waals surface area contributed by atoms with Crippen molar-refractivity contribution in [1.29, 1.82) is 0 Å². The van der Waals surface area contributed by atoms with E-state index >= 15 is 0 Å². The number of rotatable bonds is 10. The SMILES string of the molecule is CCC(C)(C)C(=O)OCCOC(=O)C(C)(C)CC(C)(CC)C(=O)OC. The molecule has 1 atom stereocenters. The Kier molecular flexibility index (Phi) is 8.62. The average molecular weight is 358 g/mol. The highest BCUT2D eigenvalue weighted by Crippen LogP contribution is 2.38. The highest BCUT2D eigenvalue weighted by molar-refractivity contribution is 5.80. The molecule has 0 aliphatic heterocycles. The van der Waals surface area contributed by atoms with Gasteiger partial charge in [0.1, 0.15) is 13.2 Å². The Morgan fingerprint density at radius 3 is 1.52 bits per heavy atom. The van der Waals surface area contributed by atoms with Crippen molar-refractivity contribution in [3.63, 3.8) is 0 Å². The molecule has 0 aliphatic rings. The second kappa shape index (κ2) is 9.20. The van der Waals surface area contributed by atoms with Gasteiger partial charge in [-0.25, -0.2) is 0 Å². The minimum absolute atomic E-state index is 0.00510. The number of carbonyl (C=O) groups excluding carboxylic acids is 3. The maximum absolute atomic E-state index is 12.4. The monoisotopic (exact) mass is 358 g/mol. The molecule has 0 fully saturated rings. The van der Waals surface area contributed by atoms with Gasteiger partial charge in [-0.1, -0.05) is 13.8 Å². The minimum Gasteiger partial charge on any atom is -0.469 e. The lowest BCUT2D eigenvalue weighted by atomic mass is 9.72. The van der Waals surface area contributed by atoms with Crippen LogP contribution >= 0.6 is 0 Å². The van der Waals surface area contributed by atoms with E-state index in [-0.39, 0.29) is 25.2 Å². The molecule has 25 heavy (non-hydrogen) atoms. The summed E-state index contributed by atoms with van der Waals surface area (Å²) >= 11 is 0. The van der Waals surface area contributed by atoms with Crippen molar-refractivity contribution in [2.75, 3.05) is 20.3 Å². The van der Waals surface area contributed by atoms with E-state index in [1.165, 1.54) is 7.11 Å². The third-order valence-electron chi connectivity index (χ3n) is 4.83. The van der Waals surface area contributed by atoms with Gasteiger partial charge in [0.05, 0.1) is 23.4 Å². The third-order valence-corrected chi connectivity index (χ3v) is 4.83. The van der Waals surface area contributed by atoms with Gasteiger partial charge in [0, 0.05) is 0 Å². The van der Waals surface area contributed by atoms with Gasteiger partial charge in [0.2, 0.25) is 0 Å². The molecule has 0 spiro atoms. The van der Waals surface area contributed by atoms with E-state index in [4.69, 9.17) is 14.2 Å². The van der Waals surface area contributed by atoms with Gasteiger partial charge in [0.25, 0.3) is 0 Å². The summed E-state index contributed by atoms with van der Waals surface area (Å²) in [5, 5.41) is 0. The molecule has 6 nitrogen and oxygen atoms in total. The Hall–Kier alpha value is -1.59. The summed E-state index contributed by atoms with van der Waals surface area (Å²) in [5.74, 6) is -1.08. The lowest BCUT2D eigenvalue weighted by Gasteiger charge is -2.33. The van der Waals surface area contributed by atoms with Crippen LogP contribution in [0.5, 0.6) is 0 Å².